The van der Waals surface area contributed by atoms with Crippen molar-refractivity contribution in [3.05, 3.63) is 35.9 Å². The second-order valence-electron chi connectivity index (χ2n) is 10.8. The van der Waals surface area contributed by atoms with Crippen molar-refractivity contribution in [3.8, 4) is 0 Å². The van der Waals surface area contributed by atoms with Crippen molar-refractivity contribution in [2.24, 2.45) is 0 Å². The van der Waals surface area contributed by atoms with Crippen LogP contribution in [0.3, 0.4) is 0 Å². The second-order valence-corrected chi connectivity index (χ2v) is 12.5. The monoisotopic (exact) mass is 618 g/mol. The Labute approximate surface area is 251 Å². The maximum atomic E-state index is 13.9. The molecule has 7 amide bonds. The average Bonchev–Trinajstić information content (AvgIpc) is 3.19. The molecular weight excluding hydrogens is 584 g/mol. The van der Waals surface area contributed by atoms with Crippen LogP contribution in [0.25, 0.3) is 0 Å². The number of β-lactam (4-membered cyclic amide) rings is 1. The SMILES string of the molecule is CCN1CCN(C(=O)N[C@@H](C(=O)N[C@@]2(C(=O)O)N3C(=O)[C@@H](NC=O)[C@H]3SC2(C)C)[C@H](C)OCc2ccccc2)C(=O)C1=O. The Hall–Kier alpha value is -4.18. The summed E-state index contributed by atoms with van der Waals surface area (Å²) in [5, 5.41) is 17.0. The fraction of sp³-hybridized carbons (Fsp3) is 0.519. The predicted octanol–water partition coefficient (Wildman–Crippen LogP) is -0.934. The van der Waals surface area contributed by atoms with Crippen LogP contribution in [0.5, 0.6) is 0 Å². The molecule has 1 aromatic carbocycles. The van der Waals surface area contributed by atoms with Gasteiger partial charge in [-0.15, -0.1) is 11.8 Å². The van der Waals surface area contributed by atoms with E-state index in [-0.39, 0.29) is 26.2 Å². The highest BCUT2D eigenvalue weighted by Crippen LogP contribution is 2.55. The third kappa shape index (κ3) is 5.51. The number of urea groups is 1. The number of hydrogen-bond acceptors (Lipinski definition) is 9. The summed E-state index contributed by atoms with van der Waals surface area (Å²) in [6, 6.07) is 5.39. The number of amides is 7. The van der Waals surface area contributed by atoms with Gasteiger partial charge in [-0.25, -0.2) is 9.59 Å². The van der Waals surface area contributed by atoms with E-state index in [0.29, 0.717) is 11.3 Å². The van der Waals surface area contributed by atoms with E-state index < -0.39 is 69.6 Å². The zero-order valence-electron chi connectivity index (χ0n) is 24.1. The molecule has 16 heteroatoms. The molecule has 5 atom stereocenters. The van der Waals surface area contributed by atoms with Crippen LogP contribution in [-0.2, 0) is 40.1 Å². The molecule has 3 saturated heterocycles. The van der Waals surface area contributed by atoms with E-state index >= 15 is 0 Å². The molecule has 4 rings (SSSR count). The van der Waals surface area contributed by atoms with E-state index in [1.165, 1.54) is 25.7 Å². The summed E-state index contributed by atoms with van der Waals surface area (Å²) >= 11 is 1.09. The van der Waals surface area contributed by atoms with E-state index in [1.807, 2.05) is 6.07 Å². The Morgan fingerprint density at radius 3 is 2.42 bits per heavy atom. The number of hydrogen-bond donors (Lipinski definition) is 4. The number of imide groups is 1. The predicted molar refractivity (Wildman–Crippen MR) is 151 cm³/mol. The fourth-order valence-corrected chi connectivity index (χ4v) is 7.11. The van der Waals surface area contributed by atoms with Gasteiger partial charge in [-0.3, -0.25) is 33.8 Å². The molecule has 0 radical (unpaired) electrons. The van der Waals surface area contributed by atoms with Gasteiger partial charge in [0, 0.05) is 19.6 Å². The number of carboxylic acid groups (broad SMARTS) is 1. The molecule has 43 heavy (non-hydrogen) atoms. The Balaban J connectivity index is 1.62. The Bertz CT molecular complexity index is 1330. The average molecular weight is 619 g/mol. The first kappa shape index (κ1) is 31.7. The van der Waals surface area contributed by atoms with Crippen LogP contribution in [0.4, 0.5) is 4.79 Å². The molecule has 0 aliphatic carbocycles. The van der Waals surface area contributed by atoms with Crippen molar-refractivity contribution in [1.82, 2.24) is 30.7 Å². The van der Waals surface area contributed by atoms with Gasteiger partial charge in [0.25, 0.3) is 5.91 Å². The topological polar surface area (TPSA) is 195 Å². The number of carbonyl (C=O) groups is 7. The van der Waals surface area contributed by atoms with E-state index in [1.54, 1.807) is 31.2 Å². The highest BCUT2D eigenvalue weighted by Gasteiger charge is 2.74. The van der Waals surface area contributed by atoms with Gasteiger partial charge in [-0.2, -0.15) is 0 Å². The van der Waals surface area contributed by atoms with Gasteiger partial charge in [0.05, 0.1) is 17.5 Å². The molecule has 0 unspecified atom stereocenters. The summed E-state index contributed by atoms with van der Waals surface area (Å²) in [6.45, 7) is 6.55. The number of thioether (sulfide) groups is 1. The molecule has 3 aliphatic rings. The minimum Gasteiger partial charge on any atom is -0.478 e. The lowest BCUT2D eigenvalue weighted by Gasteiger charge is -2.49. The molecule has 232 valence electrons. The van der Waals surface area contributed by atoms with Crippen molar-refractivity contribution in [3.63, 3.8) is 0 Å². The molecule has 3 fully saturated rings. The molecule has 0 aromatic heterocycles. The van der Waals surface area contributed by atoms with Gasteiger partial charge in [-0.05, 0) is 33.3 Å². The third-order valence-corrected chi connectivity index (χ3v) is 9.48. The quantitative estimate of drug-likeness (QED) is 0.137. The molecule has 3 heterocycles. The van der Waals surface area contributed by atoms with Crippen LogP contribution in [0.1, 0.15) is 33.3 Å². The summed E-state index contributed by atoms with van der Waals surface area (Å²) in [4.78, 5) is 92.1. The zero-order valence-corrected chi connectivity index (χ0v) is 24.9. The van der Waals surface area contributed by atoms with Crippen LogP contribution in [0, 0.1) is 0 Å². The minimum absolute atomic E-state index is 0.0331. The number of carbonyl (C=O) groups excluding carboxylic acids is 6. The Morgan fingerprint density at radius 1 is 1.14 bits per heavy atom. The number of carboxylic acids is 1. The first-order valence-electron chi connectivity index (χ1n) is 13.6. The standard InChI is InChI=1S/C27H34N6O9S/c1-5-31-11-12-32(22(38)21(31)37)25(41)29-17(15(2)42-13-16-9-7-6-8-10-16)19(35)30-27(24(39)40)26(3,4)43-23-18(28-14-34)20(36)33(23)27/h6-10,14-15,17-18,23H,5,11-13H2,1-4H3,(H,28,34)(H,29,41)(H,30,35)(H,39,40)/t15-,17+,18+,23+,27-/m0/s1. The lowest BCUT2D eigenvalue weighted by atomic mass is 9.88. The van der Waals surface area contributed by atoms with Crippen LogP contribution in [-0.4, -0.2) is 115 Å². The van der Waals surface area contributed by atoms with Crippen molar-refractivity contribution >= 4 is 53.8 Å². The van der Waals surface area contributed by atoms with E-state index in [0.717, 1.165) is 22.2 Å². The molecule has 0 spiro atoms. The lowest BCUT2D eigenvalue weighted by molar-refractivity contribution is -0.176. The lowest BCUT2D eigenvalue weighted by Crippen LogP contribution is -2.81. The van der Waals surface area contributed by atoms with Crippen molar-refractivity contribution in [2.45, 2.75) is 68.3 Å². The summed E-state index contributed by atoms with van der Waals surface area (Å²) in [7, 11) is 0. The number of benzene rings is 1. The zero-order chi connectivity index (χ0) is 31.7. The molecule has 15 nitrogen and oxygen atoms in total. The first-order valence-corrected chi connectivity index (χ1v) is 14.5. The van der Waals surface area contributed by atoms with Gasteiger partial charge in [-0.1, -0.05) is 30.3 Å². The maximum Gasteiger partial charge on any atom is 0.352 e. The van der Waals surface area contributed by atoms with Gasteiger partial charge < -0.3 is 30.7 Å². The van der Waals surface area contributed by atoms with Crippen molar-refractivity contribution in [1.29, 1.82) is 0 Å². The molecular formula is C27H34N6O9S. The van der Waals surface area contributed by atoms with Gasteiger partial charge >= 0.3 is 23.8 Å². The maximum absolute atomic E-state index is 13.9. The normalized spacial score (nSPS) is 25.8. The molecule has 0 bridgehead atoms. The number of ether oxygens (including phenoxy) is 1. The number of aliphatic carboxylic acids is 1. The molecule has 0 saturated carbocycles. The number of likely N-dealkylation sites (N-methyl/N-ethyl adjacent to an activating group) is 1. The fourth-order valence-electron chi connectivity index (χ4n) is 5.40. The summed E-state index contributed by atoms with van der Waals surface area (Å²) in [5.41, 5.74) is -1.51. The van der Waals surface area contributed by atoms with Crippen LogP contribution >= 0.6 is 11.8 Å². The van der Waals surface area contributed by atoms with Crippen molar-refractivity contribution in [2.75, 3.05) is 19.6 Å². The third-order valence-electron chi connectivity index (χ3n) is 7.87. The van der Waals surface area contributed by atoms with E-state index in [4.69, 9.17) is 4.74 Å². The highest BCUT2D eigenvalue weighted by molar-refractivity contribution is 8.01. The molecule has 1 aromatic rings. The second kappa shape index (κ2) is 12.2. The largest absolute Gasteiger partial charge is 0.478 e. The summed E-state index contributed by atoms with van der Waals surface area (Å²) < 4.78 is 4.59. The highest BCUT2D eigenvalue weighted by atomic mass is 32.2. The molecule has 3 aliphatic heterocycles. The number of fused-ring (bicyclic) bond motifs is 1. The Morgan fingerprint density at radius 2 is 1.81 bits per heavy atom. The van der Waals surface area contributed by atoms with Crippen LogP contribution in [0.2, 0.25) is 0 Å². The van der Waals surface area contributed by atoms with Gasteiger partial charge in [0.2, 0.25) is 18.0 Å². The van der Waals surface area contributed by atoms with E-state index in [2.05, 4.69) is 16.0 Å². The summed E-state index contributed by atoms with van der Waals surface area (Å²) in [6.07, 6.45) is -0.724. The number of rotatable bonds is 11. The minimum atomic E-state index is -2.27. The summed E-state index contributed by atoms with van der Waals surface area (Å²) in [5.74, 6) is -5.17. The van der Waals surface area contributed by atoms with Crippen molar-refractivity contribution < 1.29 is 43.4 Å². The van der Waals surface area contributed by atoms with Gasteiger partial charge in [0.1, 0.15) is 17.5 Å². The van der Waals surface area contributed by atoms with Gasteiger partial charge in [0.15, 0.2) is 0 Å². The Kier molecular flexibility index (Phi) is 9.01. The number of piperazine rings is 1. The van der Waals surface area contributed by atoms with Crippen LogP contribution < -0.4 is 16.0 Å². The van der Waals surface area contributed by atoms with Crippen LogP contribution in [0.15, 0.2) is 30.3 Å². The smallest absolute Gasteiger partial charge is 0.352 e. The molecule has 4 N–H and O–H groups in total. The number of nitrogens with one attached hydrogen (secondary N) is 3. The number of nitrogens with zero attached hydrogens (tertiary/aromatic N) is 3. The first-order chi connectivity index (χ1) is 20.3. The van der Waals surface area contributed by atoms with E-state index in [9.17, 15) is 38.7 Å².